The van der Waals surface area contributed by atoms with Crippen LogP contribution in [0.2, 0.25) is 0 Å². The maximum atomic E-state index is 9.03. The summed E-state index contributed by atoms with van der Waals surface area (Å²) in [6.07, 6.45) is 1.45. The second-order valence-corrected chi connectivity index (χ2v) is 4.34. The van der Waals surface area contributed by atoms with E-state index in [1.54, 1.807) is 6.07 Å². The van der Waals surface area contributed by atoms with Gasteiger partial charge in [-0.2, -0.15) is 5.26 Å². The second-order valence-electron chi connectivity index (χ2n) is 4.34. The Morgan fingerprint density at radius 3 is 2.76 bits per heavy atom. The van der Waals surface area contributed by atoms with E-state index in [-0.39, 0.29) is 12.1 Å². The van der Waals surface area contributed by atoms with Crippen molar-refractivity contribution in [3.05, 3.63) is 17.5 Å². The van der Waals surface area contributed by atoms with E-state index in [2.05, 4.69) is 15.3 Å². The van der Waals surface area contributed by atoms with E-state index < -0.39 is 0 Å². The van der Waals surface area contributed by atoms with Crippen molar-refractivity contribution in [3.63, 3.8) is 0 Å². The highest BCUT2D eigenvalue weighted by Crippen LogP contribution is 2.19. The lowest BCUT2D eigenvalue weighted by Crippen LogP contribution is -2.36. The van der Waals surface area contributed by atoms with Gasteiger partial charge < -0.3 is 10.4 Å². The fraction of sp³-hybridized carbons (Fsp3) is 0.583. The minimum Gasteiger partial charge on any atom is -0.396 e. The molecule has 0 bridgehead atoms. The van der Waals surface area contributed by atoms with E-state index in [9.17, 15) is 0 Å². The Bertz CT molecular complexity index is 427. The van der Waals surface area contributed by atoms with E-state index >= 15 is 0 Å². The number of aliphatic hydroxyl groups is 1. The Balaban J connectivity index is 2.94. The summed E-state index contributed by atoms with van der Waals surface area (Å²) in [6.45, 7) is 5.96. The molecule has 1 rings (SSSR count). The first-order valence-electron chi connectivity index (χ1n) is 5.68. The maximum absolute atomic E-state index is 9.03. The van der Waals surface area contributed by atoms with Gasteiger partial charge in [-0.05, 0) is 32.8 Å². The minimum atomic E-state index is -0.255. The van der Waals surface area contributed by atoms with Crippen molar-refractivity contribution in [1.82, 2.24) is 9.97 Å². The van der Waals surface area contributed by atoms with Crippen molar-refractivity contribution in [1.29, 1.82) is 5.26 Å². The van der Waals surface area contributed by atoms with E-state index in [0.717, 1.165) is 12.1 Å². The second kappa shape index (κ2) is 5.60. The average molecular weight is 234 g/mol. The van der Waals surface area contributed by atoms with Crippen LogP contribution in [0.4, 0.5) is 5.95 Å². The molecular formula is C12H18N4O. The van der Waals surface area contributed by atoms with E-state index in [0.29, 0.717) is 18.1 Å². The molecule has 1 aromatic heterocycles. The Morgan fingerprint density at radius 2 is 2.24 bits per heavy atom. The quantitative estimate of drug-likeness (QED) is 0.809. The van der Waals surface area contributed by atoms with Crippen LogP contribution in [0.15, 0.2) is 6.07 Å². The van der Waals surface area contributed by atoms with Gasteiger partial charge in [-0.1, -0.05) is 6.92 Å². The SMILES string of the molecule is CCC(C)(CCO)Nc1nc(C)cc(C#N)n1. The molecule has 5 nitrogen and oxygen atoms in total. The van der Waals surface area contributed by atoms with Crippen LogP contribution in [0.5, 0.6) is 0 Å². The number of aromatic nitrogens is 2. The van der Waals surface area contributed by atoms with E-state index in [1.165, 1.54) is 0 Å². The van der Waals surface area contributed by atoms with E-state index in [4.69, 9.17) is 10.4 Å². The van der Waals surface area contributed by atoms with Crippen molar-refractivity contribution in [2.75, 3.05) is 11.9 Å². The van der Waals surface area contributed by atoms with Crippen molar-refractivity contribution in [2.45, 2.75) is 39.2 Å². The van der Waals surface area contributed by atoms with Crippen molar-refractivity contribution < 1.29 is 5.11 Å². The van der Waals surface area contributed by atoms with Crippen LogP contribution >= 0.6 is 0 Å². The van der Waals surface area contributed by atoms with Crippen LogP contribution in [-0.2, 0) is 0 Å². The molecule has 2 N–H and O–H groups in total. The van der Waals surface area contributed by atoms with Gasteiger partial charge in [0.15, 0.2) is 0 Å². The molecule has 0 amide bonds. The van der Waals surface area contributed by atoms with Crippen LogP contribution in [0, 0.1) is 18.3 Å². The molecule has 1 atom stereocenters. The highest BCUT2D eigenvalue weighted by molar-refractivity contribution is 5.35. The molecule has 0 aliphatic carbocycles. The topological polar surface area (TPSA) is 81.8 Å². The summed E-state index contributed by atoms with van der Waals surface area (Å²) in [5.41, 5.74) is 0.846. The lowest BCUT2D eigenvalue weighted by molar-refractivity contribution is 0.251. The fourth-order valence-electron chi connectivity index (χ4n) is 1.53. The van der Waals surface area contributed by atoms with E-state index in [1.807, 2.05) is 26.8 Å². The Kier molecular flexibility index (Phi) is 4.41. The molecule has 1 heterocycles. The summed E-state index contributed by atoms with van der Waals surface area (Å²) in [6, 6.07) is 3.64. The minimum absolute atomic E-state index is 0.105. The summed E-state index contributed by atoms with van der Waals surface area (Å²) in [5, 5.41) is 21.1. The molecule has 0 saturated heterocycles. The summed E-state index contributed by atoms with van der Waals surface area (Å²) in [5.74, 6) is 0.444. The lowest BCUT2D eigenvalue weighted by atomic mass is 9.95. The van der Waals surface area contributed by atoms with Gasteiger partial charge in [-0.3, -0.25) is 0 Å². The van der Waals surface area contributed by atoms with Crippen molar-refractivity contribution in [2.24, 2.45) is 0 Å². The molecule has 17 heavy (non-hydrogen) atoms. The highest BCUT2D eigenvalue weighted by atomic mass is 16.3. The molecule has 0 aliphatic rings. The summed E-state index contributed by atoms with van der Waals surface area (Å²) in [7, 11) is 0. The number of aryl methyl sites for hydroxylation is 1. The van der Waals surface area contributed by atoms with Crippen LogP contribution in [0.1, 0.15) is 38.1 Å². The van der Waals surface area contributed by atoms with Gasteiger partial charge in [0.2, 0.25) is 5.95 Å². The largest absolute Gasteiger partial charge is 0.396 e. The zero-order valence-corrected chi connectivity index (χ0v) is 10.5. The number of nitriles is 1. The third-order valence-electron chi connectivity index (χ3n) is 2.83. The lowest BCUT2D eigenvalue weighted by Gasteiger charge is -2.29. The number of nitrogens with one attached hydrogen (secondary N) is 1. The van der Waals surface area contributed by atoms with Gasteiger partial charge in [0.05, 0.1) is 0 Å². The molecule has 5 heteroatoms. The smallest absolute Gasteiger partial charge is 0.224 e. The predicted octanol–water partition coefficient (Wildman–Crippen LogP) is 1.62. The van der Waals surface area contributed by atoms with Crippen LogP contribution in [0.3, 0.4) is 0 Å². The number of aliphatic hydroxyl groups excluding tert-OH is 1. The molecular weight excluding hydrogens is 216 g/mol. The molecule has 0 saturated carbocycles. The molecule has 0 fully saturated rings. The molecule has 0 aromatic carbocycles. The van der Waals surface area contributed by atoms with Gasteiger partial charge in [-0.25, -0.2) is 9.97 Å². The number of hydrogen-bond acceptors (Lipinski definition) is 5. The number of anilines is 1. The summed E-state index contributed by atoms with van der Waals surface area (Å²) in [4.78, 5) is 8.34. The molecule has 1 aromatic rings. The monoisotopic (exact) mass is 234 g/mol. The first kappa shape index (κ1) is 13.4. The first-order valence-corrected chi connectivity index (χ1v) is 5.68. The maximum Gasteiger partial charge on any atom is 0.224 e. The van der Waals surface area contributed by atoms with Crippen molar-refractivity contribution in [3.8, 4) is 6.07 Å². The molecule has 92 valence electrons. The zero-order valence-electron chi connectivity index (χ0n) is 10.5. The predicted molar refractivity (Wildman–Crippen MR) is 65.5 cm³/mol. The standard InChI is InChI=1S/C12H18N4O/c1-4-12(3,5-6-17)16-11-14-9(2)7-10(8-13)15-11/h7,17H,4-6H2,1-3H3,(H,14,15,16). The first-order chi connectivity index (χ1) is 8.03. The summed E-state index contributed by atoms with van der Waals surface area (Å²) >= 11 is 0. The normalized spacial score (nSPS) is 13.8. The van der Waals surface area contributed by atoms with Crippen molar-refractivity contribution >= 4 is 5.95 Å². The van der Waals surface area contributed by atoms with Crippen LogP contribution < -0.4 is 5.32 Å². The molecule has 0 radical (unpaired) electrons. The Hall–Kier alpha value is -1.67. The Labute approximate surface area is 102 Å². The Morgan fingerprint density at radius 1 is 1.53 bits per heavy atom. The third-order valence-corrected chi connectivity index (χ3v) is 2.83. The third kappa shape index (κ3) is 3.68. The number of hydrogen-bond donors (Lipinski definition) is 2. The zero-order chi connectivity index (χ0) is 12.9. The summed E-state index contributed by atoms with van der Waals surface area (Å²) < 4.78 is 0. The molecule has 0 spiro atoms. The highest BCUT2D eigenvalue weighted by Gasteiger charge is 2.22. The van der Waals surface area contributed by atoms with Gasteiger partial charge in [0.1, 0.15) is 11.8 Å². The molecule has 1 unspecified atom stereocenters. The average Bonchev–Trinajstić information content (AvgIpc) is 2.28. The number of nitrogens with zero attached hydrogens (tertiary/aromatic N) is 3. The van der Waals surface area contributed by atoms with Gasteiger partial charge in [0.25, 0.3) is 0 Å². The fourth-order valence-corrected chi connectivity index (χ4v) is 1.53. The number of rotatable bonds is 5. The molecule has 0 aliphatic heterocycles. The van der Waals surface area contributed by atoms with Crippen LogP contribution in [-0.4, -0.2) is 27.2 Å². The van der Waals surface area contributed by atoms with Gasteiger partial charge in [-0.15, -0.1) is 0 Å². The van der Waals surface area contributed by atoms with Gasteiger partial charge >= 0.3 is 0 Å². The van der Waals surface area contributed by atoms with Crippen LogP contribution in [0.25, 0.3) is 0 Å². The van der Waals surface area contributed by atoms with Gasteiger partial charge in [0, 0.05) is 17.8 Å².